The molecule has 0 atom stereocenters. The molecule has 36 heavy (non-hydrogen) atoms. The number of nitrogens with one attached hydrogen (secondary N) is 2. The molecule has 0 aliphatic heterocycles. The summed E-state index contributed by atoms with van der Waals surface area (Å²) in [5.41, 5.74) is 4.62. The molecule has 0 aromatic heterocycles. The van der Waals surface area contributed by atoms with Gasteiger partial charge in [0.2, 0.25) is 5.91 Å². The van der Waals surface area contributed by atoms with Gasteiger partial charge in [-0.1, -0.05) is 30.3 Å². The van der Waals surface area contributed by atoms with Gasteiger partial charge < -0.3 is 10.1 Å². The predicted molar refractivity (Wildman–Crippen MR) is 140 cm³/mol. The molecule has 0 fully saturated rings. The van der Waals surface area contributed by atoms with E-state index in [0.717, 1.165) is 9.87 Å². The fourth-order valence-electron chi connectivity index (χ4n) is 3.28. The largest absolute Gasteiger partial charge is 0.494 e. The van der Waals surface area contributed by atoms with Gasteiger partial charge in [0.1, 0.15) is 12.3 Å². The number of anilines is 2. The maximum absolute atomic E-state index is 13.4. The van der Waals surface area contributed by atoms with Crippen molar-refractivity contribution in [2.24, 2.45) is 5.10 Å². The van der Waals surface area contributed by atoms with E-state index in [1.807, 2.05) is 6.92 Å². The van der Waals surface area contributed by atoms with Crippen LogP contribution in [0.4, 0.5) is 11.4 Å². The Morgan fingerprint density at radius 3 is 2.14 bits per heavy atom. The first-order valence-electron chi connectivity index (χ1n) is 11.2. The van der Waals surface area contributed by atoms with Crippen molar-refractivity contribution >= 4 is 38.9 Å². The highest BCUT2D eigenvalue weighted by molar-refractivity contribution is 7.92. The highest BCUT2D eigenvalue weighted by Crippen LogP contribution is 2.25. The normalized spacial score (nSPS) is 11.5. The van der Waals surface area contributed by atoms with E-state index >= 15 is 0 Å². The number of hydrogen-bond donors (Lipinski definition) is 2. The van der Waals surface area contributed by atoms with Crippen LogP contribution in [0.15, 0.2) is 88.9 Å². The molecule has 0 unspecified atom stereocenters. The summed E-state index contributed by atoms with van der Waals surface area (Å²) in [6.45, 7) is 4.97. The highest BCUT2D eigenvalue weighted by atomic mass is 32.2. The van der Waals surface area contributed by atoms with Crippen molar-refractivity contribution in [3.8, 4) is 5.75 Å². The van der Waals surface area contributed by atoms with Gasteiger partial charge in [0.25, 0.3) is 15.9 Å². The maximum Gasteiger partial charge on any atom is 0.264 e. The van der Waals surface area contributed by atoms with E-state index in [4.69, 9.17) is 4.74 Å². The van der Waals surface area contributed by atoms with Crippen molar-refractivity contribution in [1.82, 2.24) is 5.43 Å². The zero-order valence-corrected chi connectivity index (χ0v) is 21.1. The molecule has 0 radical (unpaired) electrons. The Hall–Kier alpha value is -4.18. The quantitative estimate of drug-likeness (QED) is 0.319. The molecule has 9 nitrogen and oxygen atoms in total. The van der Waals surface area contributed by atoms with Gasteiger partial charge in [0.15, 0.2) is 0 Å². The number of benzene rings is 3. The van der Waals surface area contributed by atoms with Gasteiger partial charge in [-0.3, -0.25) is 13.9 Å². The number of ether oxygens (including phenoxy) is 1. The molecule has 3 aromatic rings. The van der Waals surface area contributed by atoms with Gasteiger partial charge in [-0.2, -0.15) is 5.10 Å². The molecule has 0 heterocycles. The molecule has 0 aliphatic rings. The van der Waals surface area contributed by atoms with Gasteiger partial charge in [-0.05, 0) is 67.9 Å². The Balaban J connectivity index is 1.80. The molecular formula is C26H28N4O5S. The lowest BCUT2D eigenvalue weighted by molar-refractivity contribution is -0.119. The van der Waals surface area contributed by atoms with Crippen LogP contribution < -0.4 is 19.8 Å². The van der Waals surface area contributed by atoms with Crippen LogP contribution in [0.5, 0.6) is 5.75 Å². The lowest BCUT2D eigenvalue weighted by Crippen LogP contribution is -2.39. The predicted octanol–water partition coefficient (Wildman–Crippen LogP) is 3.78. The van der Waals surface area contributed by atoms with Crippen molar-refractivity contribution in [2.75, 3.05) is 22.8 Å². The Bertz CT molecular complexity index is 1320. The Morgan fingerprint density at radius 1 is 0.917 bits per heavy atom. The number of hydrazone groups is 1. The molecular weight excluding hydrogens is 480 g/mol. The molecule has 0 aliphatic carbocycles. The van der Waals surface area contributed by atoms with Gasteiger partial charge in [-0.15, -0.1) is 0 Å². The minimum Gasteiger partial charge on any atom is -0.494 e. The molecule has 2 N–H and O–H groups in total. The zero-order valence-electron chi connectivity index (χ0n) is 20.3. The third-order valence-corrected chi connectivity index (χ3v) is 6.81. The first-order chi connectivity index (χ1) is 17.2. The summed E-state index contributed by atoms with van der Waals surface area (Å²) in [4.78, 5) is 24.0. The van der Waals surface area contributed by atoms with E-state index in [9.17, 15) is 18.0 Å². The minimum atomic E-state index is -4.03. The van der Waals surface area contributed by atoms with Crippen molar-refractivity contribution in [3.63, 3.8) is 0 Å². The lowest BCUT2D eigenvalue weighted by Gasteiger charge is -2.24. The third kappa shape index (κ3) is 6.92. The van der Waals surface area contributed by atoms with E-state index < -0.39 is 22.5 Å². The fraction of sp³-hybridized carbons (Fsp3) is 0.192. The molecule has 3 aromatic carbocycles. The molecule has 2 amide bonds. The van der Waals surface area contributed by atoms with Crippen LogP contribution in [-0.2, 0) is 19.6 Å². The van der Waals surface area contributed by atoms with Gasteiger partial charge in [0.05, 0.1) is 22.9 Å². The molecule has 10 heteroatoms. The van der Waals surface area contributed by atoms with E-state index in [1.165, 1.54) is 19.1 Å². The van der Waals surface area contributed by atoms with Crippen LogP contribution in [0.3, 0.4) is 0 Å². The average molecular weight is 509 g/mol. The number of carbonyl (C=O) groups excluding carboxylic acids is 2. The van der Waals surface area contributed by atoms with Gasteiger partial charge in [0, 0.05) is 12.6 Å². The number of amides is 2. The summed E-state index contributed by atoms with van der Waals surface area (Å²) in [6.07, 6.45) is 0. The standard InChI is InChI=1S/C26H28N4O5S/c1-4-35-24-16-14-23(15-17-24)30(36(33,34)25-8-6-5-7-9-25)18-26(32)29-28-19(2)21-10-12-22(13-11-21)27-20(3)31/h5-17H,4,18H2,1-3H3,(H,27,31)(H,29,32)/b28-19-. The number of rotatable bonds is 10. The van der Waals surface area contributed by atoms with Crippen LogP contribution >= 0.6 is 0 Å². The van der Waals surface area contributed by atoms with E-state index in [-0.39, 0.29) is 10.8 Å². The van der Waals surface area contributed by atoms with Crippen molar-refractivity contribution in [1.29, 1.82) is 0 Å². The highest BCUT2D eigenvalue weighted by Gasteiger charge is 2.27. The summed E-state index contributed by atoms with van der Waals surface area (Å²) in [5.74, 6) is -0.201. The van der Waals surface area contributed by atoms with Crippen molar-refractivity contribution in [2.45, 2.75) is 25.7 Å². The van der Waals surface area contributed by atoms with Crippen LogP contribution in [0.2, 0.25) is 0 Å². The van der Waals surface area contributed by atoms with Crippen molar-refractivity contribution < 1.29 is 22.7 Å². The second kappa shape index (κ2) is 12.0. The monoisotopic (exact) mass is 508 g/mol. The van der Waals surface area contributed by atoms with Crippen molar-refractivity contribution in [3.05, 3.63) is 84.4 Å². The number of sulfonamides is 1. The average Bonchev–Trinajstić information content (AvgIpc) is 2.87. The zero-order chi connectivity index (χ0) is 26.1. The second-order valence-electron chi connectivity index (χ2n) is 7.74. The van der Waals surface area contributed by atoms with E-state index in [1.54, 1.807) is 73.7 Å². The third-order valence-electron chi connectivity index (χ3n) is 5.03. The molecule has 188 valence electrons. The Labute approximate surface area is 210 Å². The van der Waals surface area contributed by atoms with Crippen LogP contribution in [-0.4, -0.2) is 39.1 Å². The SMILES string of the molecule is CCOc1ccc(N(CC(=O)N/N=C(/C)c2ccc(NC(C)=O)cc2)S(=O)(=O)c2ccccc2)cc1. The summed E-state index contributed by atoms with van der Waals surface area (Å²) in [6, 6.07) is 21.3. The Kier molecular flexibility index (Phi) is 8.80. The van der Waals surface area contributed by atoms with E-state index in [0.29, 0.717) is 29.4 Å². The summed E-state index contributed by atoms with van der Waals surface area (Å²) < 4.78 is 33.3. The topological polar surface area (TPSA) is 117 Å². The minimum absolute atomic E-state index is 0.0608. The Morgan fingerprint density at radius 2 is 1.56 bits per heavy atom. The molecule has 0 bridgehead atoms. The first-order valence-corrected chi connectivity index (χ1v) is 12.7. The molecule has 3 rings (SSSR count). The fourth-order valence-corrected chi connectivity index (χ4v) is 4.73. The summed E-state index contributed by atoms with van der Waals surface area (Å²) >= 11 is 0. The smallest absolute Gasteiger partial charge is 0.264 e. The van der Waals surface area contributed by atoms with Crippen LogP contribution in [0.25, 0.3) is 0 Å². The van der Waals surface area contributed by atoms with Gasteiger partial charge >= 0.3 is 0 Å². The first kappa shape index (κ1) is 26.4. The van der Waals surface area contributed by atoms with Crippen LogP contribution in [0, 0.1) is 0 Å². The van der Waals surface area contributed by atoms with Gasteiger partial charge in [-0.25, -0.2) is 13.8 Å². The number of nitrogens with zero attached hydrogens (tertiary/aromatic N) is 2. The number of hydrogen-bond acceptors (Lipinski definition) is 6. The molecule has 0 saturated heterocycles. The van der Waals surface area contributed by atoms with E-state index in [2.05, 4.69) is 15.8 Å². The second-order valence-corrected chi connectivity index (χ2v) is 9.60. The number of carbonyl (C=O) groups is 2. The summed E-state index contributed by atoms with van der Waals surface area (Å²) in [7, 11) is -4.03. The molecule has 0 saturated carbocycles. The van der Waals surface area contributed by atoms with Crippen LogP contribution in [0.1, 0.15) is 26.3 Å². The lowest BCUT2D eigenvalue weighted by atomic mass is 10.1. The summed E-state index contributed by atoms with van der Waals surface area (Å²) in [5, 5.41) is 6.79. The maximum atomic E-state index is 13.4. The molecule has 0 spiro atoms.